The van der Waals surface area contributed by atoms with Crippen molar-refractivity contribution < 1.29 is 28.9 Å². The van der Waals surface area contributed by atoms with Gasteiger partial charge in [0.2, 0.25) is 0 Å². The minimum atomic E-state index is -1.82. The van der Waals surface area contributed by atoms with Gasteiger partial charge in [0.15, 0.2) is 0 Å². The molecule has 0 amide bonds. The van der Waals surface area contributed by atoms with Gasteiger partial charge in [-0.1, -0.05) is 42.5 Å². The van der Waals surface area contributed by atoms with E-state index in [1.54, 1.807) is 0 Å². The summed E-state index contributed by atoms with van der Waals surface area (Å²) in [6.07, 6.45) is 4.39. The van der Waals surface area contributed by atoms with E-state index in [1.165, 1.54) is 17.7 Å². The van der Waals surface area contributed by atoms with Crippen molar-refractivity contribution in [3.05, 3.63) is 71.5 Å². The van der Waals surface area contributed by atoms with Crippen molar-refractivity contribution in [3.8, 4) is 0 Å². The lowest BCUT2D eigenvalue weighted by atomic mass is 9.68. The van der Waals surface area contributed by atoms with Gasteiger partial charge in [0.25, 0.3) is 0 Å². The number of ether oxygens (including phenoxy) is 1. The number of rotatable bonds is 7. The van der Waals surface area contributed by atoms with Crippen molar-refractivity contribution in [2.45, 2.75) is 51.7 Å². The highest BCUT2D eigenvalue weighted by molar-refractivity contribution is 6.27. The van der Waals surface area contributed by atoms with Crippen molar-refractivity contribution in [1.82, 2.24) is 5.32 Å². The van der Waals surface area contributed by atoms with E-state index in [0.717, 1.165) is 50.9 Å². The number of carboxylic acid groups (broad SMARTS) is 2. The zero-order chi connectivity index (χ0) is 23.6. The lowest BCUT2D eigenvalue weighted by molar-refractivity contribution is -0.159. The lowest BCUT2D eigenvalue weighted by Crippen LogP contribution is -2.43. The van der Waals surface area contributed by atoms with Crippen molar-refractivity contribution >= 4 is 11.9 Å². The highest BCUT2D eigenvalue weighted by atomic mass is 19.1. The monoisotopic (exact) mass is 445 g/mol. The molecule has 1 heterocycles. The van der Waals surface area contributed by atoms with Crippen LogP contribution in [0.4, 0.5) is 4.39 Å². The summed E-state index contributed by atoms with van der Waals surface area (Å²) in [4.78, 5) is 18.2. The van der Waals surface area contributed by atoms with Gasteiger partial charge in [0.1, 0.15) is 5.82 Å². The summed E-state index contributed by atoms with van der Waals surface area (Å²) in [5.74, 6) is -3.83. The van der Waals surface area contributed by atoms with Gasteiger partial charge < -0.3 is 20.3 Å². The molecule has 0 aromatic heterocycles. The molecule has 0 aliphatic carbocycles. The Hall–Kier alpha value is -2.77. The summed E-state index contributed by atoms with van der Waals surface area (Å²) in [5.41, 5.74) is 2.72. The van der Waals surface area contributed by atoms with E-state index in [9.17, 15) is 4.39 Å². The minimum Gasteiger partial charge on any atom is -0.473 e. The SMILES string of the molecule is CC1(C)CC(CCNCc2ccc(F)cc2)(Cc2ccccc2)CCO1.O=C(O)C(=O)O. The van der Waals surface area contributed by atoms with E-state index in [1.807, 2.05) is 12.1 Å². The third kappa shape index (κ3) is 8.77. The number of carbonyl (C=O) groups is 2. The molecule has 2 aromatic rings. The Morgan fingerprint density at radius 1 is 1.00 bits per heavy atom. The van der Waals surface area contributed by atoms with Crippen LogP contribution in [0.3, 0.4) is 0 Å². The fourth-order valence-corrected chi connectivity index (χ4v) is 4.26. The van der Waals surface area contributed by atoms with Crippen LogP contribution >= 0.6 is 0 Å². The quantitative estimate of drug-likeness (QED) is 0.435. The van der Waals surface area contributed by atoms with E-state index in [0.29, 0.717) is 0 Å². The first-order chi connectivity index (χ1) is 15.1. The van der Waals surface area contributed by atoms with Crippen LogP contribution in [-0.2, 0) is 27.3 Å². The molecule has 6 nitrogen and oxygen atoms in total. The number of nitrogens with one attached hydrogen (secondary N) is 1. The number of benzene rings is 2. The fourth-order valence-electron chi connectivity index (χ4n) is 4.26. The average Bonchev–Trinajstić information content (AvgIpc) is 2.73. The number of halogens is 1. The van der Waals surface area contributed by atoms with Crippen molar-refractivity contribution in [2.24, 2.45) is 5.41 Å². The van der Waals surface area contributed by atoms with Crippen molar-refractivity contribution in [2.75, 3.05) is 13.2 Å². The predicted octanol–water partition coefficient (Wildman–Crippen LogP) is 4.28. The molecule has 3 N–H and O–H groups in total. The first-order valence-electron chi connectivity index (χ1n) is 10.7. The van der Waals surface area contributed by atoms with Gasteiger partial charge >= 0.3 is 11.9 Å². The smallest absolute Gasteiger partial charge is 0.414 e. The second-order valence-corrected chi connectivity index (χ2v) is 8.86. The summed E-state index contributed by atoms with van der Waals surface area (Å²) >= 11 is 0. The zero-order valence-electron chi connectivity index (χ0n) is 18.6. The Morgan fingerprint density at radius 2 is 1.62 bits per heavy atom. The number of aliphatic carboxylic acids is 2. The predicted molar refractivity (Wildman–Crippen MR) is 120 cm³/mol. The molecule has 32 heavy (non-hydrogen) atoms. The van der Waals surface area contributed by atoms with Gasteiger partial charge in [0, 0.05) is 13.2 Å². The Labute approximate surface area is 188 Å². The van der Waals surface area contributed by atoms with Crippen LogP contribution < -0.4 is 5.32 Å². The second-order valence-electron chi connectivity index (χ2n) is 8.86. The molecule has 1 fully saturated rings. The van der Waals surface area contributed by atoms with Crippen molar-refractivity contribution in [3.63, 3.8) is 0 Å². The maximum Gasteiger partial charge on any atom is 0.414 e. The molecule has 1 saturated heterocycles. The molecular formula is C25H32FNO5. The average molecular weight is 446 g/mol. The van der Waals surface area contributed by atoms with Gasteiger partial charge in [-0.05, 0) is 74.8 Å². The molecule has 0 saturated carbocycles. The molecule has 1 atom stereocenters. The van der Waals surface area contributed by atoms with Gasteiger partial charge in [-0.3, -0.25) is 0 Å². The van der Waals surface area contributed by atoms with Crippen LogP contribution in [0, 0.1) is 11.2 Å². The normalized spacial score (nSPS) is 19.5. The molecule has 3 rings (SSSR count). The van der Waals surface area contributed by atoms with Crippen LogP contribution in [0.1, 0.15) is 44.2 Å². The molecule has 0 bridgehead atoms. The van der Waals surface area contributed by atoms with E-state index >= 15 is 0 Å². The largest absolute Gasteiger partial charge is 0.473 e. The van der Waals surface area contributed by atoms with Crippen LogP contribution in [0.15, 0.2) is 54.6 Å². The summed E-state index contributed by atoms with van der Waals surface area (Å²) < 4.78 is 19.0. The number of hydrogen-bond donors (Lipinski definition) is 3. The topological polar surface area (TPSA) is 95.9 Å². The van der Waals surface area contributed by atoms with E-state index in [2.05, 4.69) is 49.5 Å². The summed E-state index contributed by atoms with van der Waals surface area (Å²) in [7, 11) is 0. The summed E-state index contributed by atoms with van der Waals surface area (Å²) in [6.45, 7) is 6.98. The van der Waals surface area contributed by atoms with Crippen LogP contribution in [0.2, 0.25) is 0 Å². The van der Waals surface area contributed by atoms with E-state index < -0.39 is 11.9 Å². The molecule has 174 valence electrons. The highest BCUT2D eigenvalue weighted by Gasteiger charge is 2.40. The Morgan fingerprint density at radius 3 is 2.19 bits per heavy atom. The molecule has 1 aliphatic heterocycles. The number of hydrogen-bond acceptors (Lipinski definition) is 4. The highest BCUT2D eigenvalue weighted by Crippen LogP contribution is 2.43. The van der Waals surface area contributed by atoms with Gasteiger partial charge in [-0.25, -0.2) is 14.0 Å². The van der Waals surface area contributed by atoms with Crippen LogP contribution in [0.5, 0.6) is 0 Å². The van der Waals surface area contributed by atoms with Gasteiger partial charge in [0.05, 0.1) is 5.60 Å². The molecule has 2 aromatic carbocycles. The molecule has 1 unspecified atom stereocenters. The van der Waals surface area contributed by atoms with Crippen molar-refractivity contribution in [1.29, 1.82) is 0 Å². The van der Waals surface area contributed by atoms with E-state index in [-0.39, 0.29) is 16.8 Å². The van der Waals surface area contributed by atoms with Gasteiger partial charge in [-0.15, -0.1) is 0 Å². The third-order valence-electron chi connectivity index (χ3n) is 5.61. The first kappa shape index (κ1) is 25.5. The Kier molecular flexibility index (Phi) is 9.35. The third-order valence-corrected chi connectivity index (χ3v) is 5.61. The molecule has 1 aliphatic rings. The standard InChI is InChI=1S/C23H30FNO.C2H2O4/c1-22(2)18-23(13-15-26-22,16-19-6-4-3-5-7-19)12-14-25-17-20-8-10-21(24)11-9-20;3-1(4)2(5)6/h3-11,25H,12-18H2,1-2H3;(H,3,4)(H,5,6). The second kappa shape index (κ2) is 11.7. The molecular weight excluding hydrogens is 413 g/mol. The Balaban J connectivity index is 0.000000534. The van der Waals surface area contributed by atoms with E-state index in [4.69, 9.17) is 24.5 Å². The summed E-state index contributed by atoms with van der Waals surface area (Å²) in [6, 6.07) is 17.5. The molecule has 0 spiro atoms. The molecule has 7 heteroatoms. The van der Waals surface area contributed by atoms with Crippen LogP contribution in [0.25, 0.3) is 0 Å². The van der Waals surface area contributed by atoms with Gasteiger partial charge in [-0.2, -0.15) is 0 Å². The minimum absolute atomic E-state index is 0.0655. The van der Waals surface area contributed by atoms with Crippen LogP contribution in [-0.4, -0.2) is 40.9 Å². The first-order valence-corrected chi connectivity index (χ1v) is 10.7. The maximum absolute atomic E-state index is 13.0. The zero-order valence-corrected chi connectivity index (χ0v) is 18.6. The Bertz CT molecular complexity index is 858. The maximum atomic E-state index is 13.0. The number of carboxylic acids is 2. The summed E-state index contributed by atoms with van der Waals surface area (Å²) in [5, 5.41) is 18.3. The molecule has 0 radical (unpaired) electrons. The fraction of sp³-hybridized carbons (Fsp3) is 0.440. The lowest BCUT2D eigenvalue weighted by Gasteiger charge is -2.45.